The van der Waals surface area contributed by atoms with Crippen LogP contribution in [0, 0.1) is 11.8 Å². The molecule has 0 aromatic carbocycles. The number of carbonyl (C=O) groups is 2. The van der Waals surface area contributed by atoms with Crippen LogP contribution < -0.4 is 0 Å². The van der Waals surface area contributed by atoms with E-state index in [0.717, 1.165) is 18.4 Å². The van der Waals surface area contributed by atoms with Crippen molar-refractivity contribution in [2.24, 2.45) is 11.8 Å². The Hall–Kier alpha value is -1.75. The first-order valence-electron chi connectivity index (χ1n) is 6.65. The van der Waals surface area contributed by atoms with Gasteiger partial charge in [-0.05, 0) is 30.5 Å². The van der Waals surface area contributed by atoms with Crippen molar-refractivity contribution in [2.75, 3.05) is 0 Å². The first-order valence-corrected chi connectivity index (χ1v) is 6.65. The van der Waals surface area contributed by atoms with Crippen LogP contribution in [0.15, 0.2) is 24.5 Å². The number of pyridine rings is 1. The maximum Gasteiger partial charge on any atom is 0.236 e. The number of hydrogen-bond donors (Lipinski definition) is 0. The zero-order chi connectivity index (χ0) is 13.0. The molecule has 5 heteroatoms. The van der Waals surface area contributed by atoms with Crippen molar-refractivity contribution in [3.63, 3.8) is 0 Å². The molecule has 3 aliphatic rings. The monoisotopic (exact) mass is 258 g/mol. The lowest BCUT2D eigenvalue weighted by Crippen LogP contribution is -2.33. The summed E-state index contributed by atoms with van der Waals surface area (Å²) < 4.78 is 5.70. The molecular weight excluding hydrogens is 244 g/mol. The maximum absolute atomic E-state index is 12.4. The molecule has 3 fully saturated rings. The summed E-state index contributed by atoms with van der Waals surface area (Å²) in [5.74, 6) is -0.570. The average molecular weight is 258 g/mol. The number of fused-ring (bicyclic) bond motifs is 5. The van der Waals surface area contributed by atoms with E-state index >= 15 is 0 Å². The van der Waals surface area contributed by atoms with Gasteiger partial charge in [0.15, 0.2) is 0 Å². The van der Waals surface area contributed by atoms with Crippen LogP contribution >= 0.6 is 0 Å². The number of rotatable bonds is 2. The molecule has 98 valence electrons. The minimum atomic E-state index is -0.229. The molecule has 0 spiro atoms. The Kier molecular flexibility index (Phi) is 2.26. The van der Waals surface area contributed by atoms with E-state index < -0.39 is 0 Å². The minimum absolute atomic E-state index is 0.0334. The first kappa shape index (κ1) is 11.1. The molecule has 4 atom stereocenters. The molecule has 2 amide bonds. The molecule has 1 aromatic rings. The van der Waals surface area contributed by atoms with E-state index in [0.29, 0.717) is 6.54 Å². The van der Waals surface area contributed by atoms with Gasteiger partial charge in [-0.2, -0.15) is 0 Å². The van der Waals surface area contributed by atoms with E-state index in [1.165, 1.54) is 4.90 Å². The molecule has 1 aromatic heterocycles. The molecule has 0 unspecified atom stereocenters. The lowest BCUT2D eigenvalue weighted by Gasteiger charge is -2.17. The Balaban J connectivity index is 1.61. The normalized spacial score (nSPS) is 36.1. The van der Waals surface area contributed by atoms with Gasteiger partial charge in [0.1, 0.15) is 0 Å². The Morgan fingerprint density at radius 1 is 1.11 bits per heavy atom. The Morgan fingerprint density at radius 2 is 1.68 bits per heavy atom. The fourth-order valence-electron chi connectivity index (χ4n) is 3.60. The van der Waals surface area contributed by atoms with Crippen LogP contribution in [0.2, 0.25) is 0 Å². The highest BCUT2D eigenvalue weighted by Gasteiger charge is 2.62. The summed E-state index contributed by atoms with van der Waals surface area (Å²) in [6.07, 6.45) is 5.10. The van der Waals surface area contributed by atoms with E-state index in [-0.39, 0.29) is 35.9 Å². The standard InChI is InChI=1S/C14H14N2O3/c17-13-11-9-1-2-10(19-9)12(11)14(18)16(13)7-8-3-5-15-6-4-8/h3-6,9-12H,1-2,7H2/t9-,10+,11-,12+. The highest BCUT2D eigenvalue weighted by Crippen LogP contribution is 2.48. The second-order valence-corrected chi connectivity index (χ2v) is 5.46. The predicted octanol–water partition coefficient (Wildman–Crippen LogP) is 0.744. The Morgan fingerprint density at radius 3 is 2.26 bits per heavy atom. The second-order valence-electron chi connectivity index (χ2n) is 5.46. The van der Waals surface area contributed by atoms with Crippen molar-refractivity contribution in [3.05, 3.63) is 30.1 Å². The zero-order valence-electron chi connectivity index (χ0n) is 10.4. The van der Waals surface area contributed by atoms with E-state index in [4.69, 9.17) is 4.74 Å². The molecule has 4 rings (SSSR count). The van der Waals surface area contributed by atoms with Crippen LogP contribution in [0.25, 0.3) is 0 Å². The van der Waals surface area contributed by atoms with Crippen molar-refractivity contribution in [3.8, 4) is 0 Å². The number of ether oxygens (including phenoxy) is 1. The van der Waals surface area contributed by atoms with Crippen molar-refractivity contribution in [1.82, 2.24) is 9.88 Å². The summed E-state index contributed by atoms with van der Waals surface area (Å²) in [5, 5.41) is 0. The summed E-state index contributed by atoms with van der Waals surface area (Å²) in [7, 11) is 0. The molecular formula is C14H14N2O3. The summed E-state index contributed by atoms with van der Waals surface area (Å²) in [6, 6.07) is 3.67. The molecule has 0 saturated carbocycles. The van der Waals surface area contributed by atoms with Gasteiger partial charge in [0.25, 0.3) is 0 Å². The Labute approximate surface area is 110 Å². The SMILES string of the molecule is O=C1[C@@H]2[C@H](C(=O)N1Cc1ccncc1)[C@H]1CC[C@@H]2O1. The van der Waals surface area contributed by atoms with E-state index in [9.17, 15) is 9.59 Å². The molecule has 19 heavy (non-hydrogen) atoms. The molecule has 2 bridgehead atoms. The number of nitrogens with zero attached hydrogens (tertiary/aromatic N) is 2. The van der Waals surface area contributed by atoms with Crippen molar-refractivity contribution < 1.29 is 14.3 Å². The second kappa shape index (κ2) is 3.87. The van der Waals surface area contributed by atoms with Crippen LogP contribution in [-0.2, 0) is 20.9 Å². The summed E-state index contributed by atoms with van der Waals surface area (Å²) in [4.78, 5) is 30.1. The topological polar surface area (TPSA) is 59.5 Å². The van der Waals surface area contributed by atoms with Crippen LogP contribution in [0.5, 0.6) is 0 Å². The van der Waals surface area contributed by atoms with Gasteiger partial charge in [-0.1, -0.05) is 0 Å². The highest BCUT2D eigenvalue weighted by atomic mass is 16.5. The van der Waals surface area contributed by atoms with Gasteiger partial charge in [-0.3, -0.25) is 19.5 Å². The van der Waals surface area contributed by atoms with Crippen LogP contribution in [0.3, 0.4) is 0 Å². The smallest absolute Gasteiger partial charge is 0.236 e. The van der Waals surface area contributed by atoms with E-state index in [2.05, 4.69) is 4.98 Å². The highest BCUT2D eigenvalue weighted by molar-refractivity contribution is 6.06. The third-order valence-corrected chi connectivity index (χ3v) is 4.47. The van der Waals surface area contributed by atoms with E-state index in [1.807, 2.05) is 12.1 Å². The number of hydrogen-bond acceptors (Lipinski definition) is 4. The number of aromatic nitrogens is 1. The molecule has 4 heterocycles. The third-order valence-electron chi connectivity index (χ3n) is 4.47. The molecule has 3 saturated heterocycles. The number of likely N-dealkylation sites (tertiary alicyclic amines) is 1. The van der Waals surface area contributed by atoms with Crippen LogP contribution in [0.4, 0.5) is 0 Å². The number of carbonyl (C=O) groups excluding carboxylic acids is 2. The quantitative estimate of drug-likeness (QED) is 0.734. The van der Waals surface area contributed by atoms with Gasteiger partial charge in [-0.25, -0.2) is 0 Å². The molecule has 0 aliphatic carbocycles. The van der Waals surface area contributed by atoms with Gasteiger partial charge < -0.3 is 4.74 Å². The number of imide groups is 1. The molecule has 0 N–H and O–H groups in total. The fourth-order valence-corrected chi connectivity index (χ4v) is 3.60. The third kappa shape index (κ3) is 1.48. The van der Waals surface area contributed by atoms with E-state index in [1.54, 1.807) is 12.4 Å². The van der Waals surface area contributed by atoms with Crippen molar-refractivity contribution in [2.45, 2.75) is 31.6 Å². The fraction of sp³-hybridized carbons (Fsp3) is 0.500. The van der Waals surface area contributed by atoms with Gasteiger partial charge in [0.05, 0.1) is 30.6 Å². The molecule has 3 aliphatic heterocycles. The maximum atomic E-state index is 12.4. The lowest BCUT2D eigenvalue weighted by molar-refractivity contribution is -0.143. The van der Waals surface area contributed by atoms with Gasteiger partial charge in [0, 0.05) is 12.4 Å². The summed E-state index contributed by atoms with van der Waals surface area (Å²) in [5.41, 5.74) is 0.935. The molecule has 0 radical (unpaired) electrons. The zero-order valence-corrected chi connectivity index (χ0v) is 10.4. The Bertz CT molecular complexity index is 517. The first-order chi connectivity index (χ1) is 9.25. The van der Waals surface area contributed by atoms with Crippen molar-refractivity contribution >= 4 is 11.8 Å². The van der Waals surface area contributed by atoms with Gasteiger partial charge >= 0.3 is 0 Å². The largest absolute Gasteiger partial charge is 0.373 e. The van der Waals surface area contributed by atoms with Gasteiger partial charge in [-0.15, -0.1) is 0 Å². The summed E-state index contributed by atoms with van der Waals surface area (Å²) in [6.45, 7) is 0.354. The van der Waals surface area contributed by atoms with Gasteiger partial charge in [0.2, 0.25) is 11.8 Å². The van der Waals surface area contributed by atoms with Crippen LogP contribution in [-0.4, -0.2) is 33.9 Å². The van der Waals surface area contributed by atoms with Crippen LogP contribution in [0.1, 0.15) is 18.4 Å². The molecule has 5 nitrogen and oxygen atoms in total. The van der Waals surface area contributed by atoms with Crippen molar-refractivity contribution in [1.29, 1.82) is 0 Å². The predicted molar refractivity (Wildman–Crippen MR) is 64.7 cm³/mol. The lowest BCUT2D eigenvalue weighted by atomic mass is 9.81. The minimum Gasteiger partial charge on any atom is -0.373 e. The summed E-state index contributed by atoms with van der Waals surface area (Å²) >= 11 is 0. The number of amides is 2. The average Bonchev–Trinajstić information content (AvgIpc) is 3.10.